The maximum atomic E-state index is 12.3. The fourth-order valence-corrected chi connectivity index (χ4v) is 2.85. The SMILES string of the molecule is CC(C)C1CCN(C(=O)[C@H]2CCCNC2)C1. The normalized spacial score (nSPS) is 31.1. The van der Waals surface area contributed by atoms with Gasteiger partial charge in [0.05, 0.1) is 5.92 Å². The minimum atomic E-state index is 0.250. The molecule has 0 spiro atoms. The molecule has 0 aromatic rings. The van der Waals surface area contributed by atoms with Gasteiger partial charge in [-0.25, -0.2) is 0 Å². The molecule has 1 N–H and O–H groups in total. The molecule has 2 saturated heterocycles. The number of hydrogen-bond donors (Lipinski definition) is 1. The van der Waals surface area contributed by atoms with E-state index in [4.69, 9.17) is 0 Å². The summed E-state index contributed by atoms with van der Waals surface area (Å²) in [7, 11) is 0. The molecule has 2 fully saturated rings. The fourth-order valence-electron chi connectivity index (χ4n) is 2.85. The first-order chi connectivity index (χ1) is 7.68. The topological polar surface area (TPSA) is 32.3 Å². The monoisotopic (exact) mass is 224 g/mol. The molecule has 1 amide bonds. The van der Waals surface area contributed by atoms with E-state index in [0.29, 0.717) is 11.8 Å². The molecule has 2 heterocycles. The number of amides is 1. The molecule has 2 rings (SSSR count). The van der Waals surface area contributed by atoms with Crippen molar-refractivity contribution in [2.45, 2.75) is 33.1 Å². The van der Waals surface area contributed by atoms with Crippen molar-refractivity contribution in [3.8, 4) is 0 Å². The maximum absolute atomic E-state index is 12.3. The molecule has 2 atom stereocenters. The first-order valence-corrected chi connectivity index (χ1v) is 6.68. The van der Waals surface area contributed by atoms with Crippen molar-refractivity contribution >= 4 is 5.91 Å². The van der Waals surface area contributed by atoms with Gasteiger partial charge in [0.15, 0.2) is 0 Å². The summed E-state index contributed by atoms with van der Waals surface area (Å²) < 4.78 is 0. The highest BCUT2D eigenvalue weighted by Crippen LogP contribution is 2.25. The van der Waals surface area contributed by atoms with Gasteiger partial charge < -0.3 is 10.2 Å². The molecule has 0 saturated carbocycles. The second kappa shape index (κ2) is 5.17. The molecule has 0 radical (unpaired) electrons. The Morgan fingerprint density at radius 1 is 1.38 bits per heavy atom. The molecular weight excluding hydrogens is 200 g/mol. The lowest BCUT2D eigenvalue weighted by Crippen LogP contribution is -2.42. The van der Waals surface area contributed by atoms with E-state index >= 15 is 0 Å². The Kier molecular flexibility index (Phi) is 3.85. The Hall–Kier alpha value is -0.570. The molecule has 0 aliphatic carbocycles. The first kappa shape index (κ1) is 11.9. The Morgan fingerprint density at radius 2 is 2.19 bits per heavy atom. The van der Waals surface area contributed by atoms with E-state index in [9.17, 15) is 4.79 Å². The van der Waals surface area contributed by atoms with Crippen molar-refractivity contribution in [3.63, 3.8) is 0 Å². The highest BCUT2D eigenvalue weighted by atomic mass is 16.2. The van der Waals surface area contributed by atoms with E-state index in [-0.39, 0.29) is 5.92 Å². The predicted molar refractivity (Wildman–Crippen MR) is 65.1 cm³/mol. The zero-order chi connectivity index (χ0) is 11.5. The second-order valence-electron chi connectivity index (χ2n) is 5.62. The summed E-state index contributed by atoms with van der Waals surface area (Å²) >= 11 is 0. The Labute approximate surface area is 98.6 Å². The van der Waals surface area contributed by atoms with Crippen molar-refractivity contribution in [1.82, 2.24) is 10.2 Å². The Morgan fingerprint density at radius 3 is 2.75 bits per heavy atom. The van der Waals surface area contributed by atoms with Crippen LogP contribution in [0, 0.1) is 17.8 Å². The van der Waals surface area contributed by atoms with E-state index in [1.54, 1.807) is 0 Å². The molecule has 92 valence electrons. The minimum Gasteiger partial charge on any atom is -0.342 e. The van der Waals surface area contributed by atoms with Crippen LogP contribution in [-0.2, 0) is 4.79 Å². The van der Waals surface area contributed by atoms with Crippen LogP contribution in [0.15, 0.2) is 0 Å². The summed E-state index contributed by atoms with van der Waals surface area (Å²) in [5.74, 6) is 2.08. The van der Waals surface area contributed by atoms with Crippen LogP contribution >= 0.6 is 0 Å². The van der Waals surface area contributed by atoms with Gasteiger partial charge in [0.2, 0.25) is 5.91 Å². The third-order valence-electron chi connectivity index (χ3n) is 4.13. The van der Waals surface area contributed by atoms with Gasteiger partial charge in [-0.2, -0.15) is 0 Å². The van der Waals surface area contributed by atoms with E-state index in [1.807, 2.05) is 0 Å². The van der Waals surface area contributed by atoms with Crippen LogP contribution in [0.2, 0.25) is 0 Å². The smallest absolute Gasteiger partial charge is 0.226 e. The lowest BCUT2D eigenvalue weighted by atomic mass is 9.95. The lowest BCUT2D eigenvalue weighted by molar-refractivity contribution is -0.135. The average Bonchev–Trinajstić information content (AvgIpc) is 2.78. The largest absolute Gasteiger partial charge is 0.342 e. The van der Waals surface area contributed by atoms with Crippen LogP contribution in [0.1, 0.15) is 33.1 Å². The summed E-state index contributed by atoms with van der Waals surface area (Å²) in [5.41, 5.74) is 0. The minimum absolute atomic E-state index is 0.250. The summed E-state index contributed by atoms with van der Waals surface area (Å²) in [6.45, 7) is 8.48. The van der Waals surface area contributed by atoms with Gasteiger partial charge in [-0.05, 0) is 37.6 Å². The molecule has 3 heteroatoms. The predicted octanol–water partition coefficient (Wildman–Crippen LogP) is 1.49. The zero-order valence-corrected chi connectivity index (χ0v) is 10.5. The van der Waals surface area contributed by atoms with Gasteiger partial charge in [0.25, 0.3) is 0 Å². The average molecular weight is 224 g/mol. The van der Waals surface area contributed by atoms with Crippen molar-refractivity contribution < 1.29 is 4.79 Å². The van der Waals surface area contributed by atoms with Crippen LogP contribution in [0.5, 0.6) is 0 Å². The zero-order valence-electron chi connectivity index (χ0n) is 10.5. The number of rotatable bonds is 2. The van der Waals surface area contributed by atoms with Crippen LogP contribution in [0.25, 0.3) is 0 Å². The standard InChI is InChI=1S/C13H24N2O/c1-10(2)12-5-7-15(9-12)13(16)11-4-3-6-14-8-11/h10-12,14H,3-9H2,1-2H3/t11-,12?/m0/s1. The van der Waals surface area contributed by atoms with E-state index in [0.717, 1.165) is 44.9 Å². The molecule has 0 aromatic carbocycles. The van der Waals surface area contributed by atoms with Gasteiger partial charge >= 0.3 is 0 Å². The van der Waals surface area contributed by atoms with E-state index in [2.05, 4.69) is 24.1 Å². The summed E-state index contributed by atoms with van der Waals surface area (Å²) in [5, 5.41) is 3.33. The van der Waals surface area contributed by atoms with Crippen molar-refractivity contribution in [3.05, 3.63) is 0 Å². The highest BCUT2D eigenvalue weighted by Gasteiger charge is 2.32. The number of piperidine rings is 1. The molecule has 0 aromatic heterocycles. The molecule has 0 bridgehead atoms. The molecule has 16 heavy (non-hydrogen) atoms. The van der Waals surface area contributed by atoms with Gasteiger partial charge in [-0.3, -0.25) is 4.79 Å². The Bertz CT molecular complexity index is 246. The van der Waals surface area contributed by atoms with Crippen molar-refractivity contribution in [2.75, 3.05) is 26.2 Å². The summed E-state index contributed by atoms with van der Waals surface area (Å²) in [6, 6.07) is 0. The van der Waals surface area contributed by atoms with Crippen LogP contribution in [0.4, 0.5) is 0 Å². The number of carbonyl (C=O) groups is 1. The number of carbonyl (C=O) groups excluding carboxylic acids is 1. The third kappa shape index (κ3) is 2.57. The maximum Gasteiger partial charge on any atom is 0.226 e. The molecular formula is C13H24N2O. The number of nitrogens with one attached hydrogen (secondary N) is 1. The fraction of sp³-hybridized carbons (Fsp3) is 0.923. The summed E-state index contributed by atoms with van der Waals surface area (Å²) in [4.78, 5) is 14.4. The van der Waals surface area contributed by atoms with Crippen LogP contribution in [0.3, 0.4) is 0 Å². The van der Waals surface area contributed by atoms with E-state index < -0.39 is 0 Å². The van der Waals surface area contributed by atoms with E-state index in [1.165, 1.54) is 6.42 Å². The number of nitrogens with zero attached hydrogens (tertiary/aromatic N) is 1. The molecule has 2 aliphatic rings. The second-order valence-corrected chi connectivity index (χ2v) is 5.62. The van der Waals surface area contributed by atoms with Gasteiger partial charge in [0, 0.05) is 19.6 Å². The van der Waals surface area contributed by atoms with Crippen LogP contribution < -0.4 is 5.32 Å². The highest BCUT2D eigenvalue weighted by molar-refractivity contribution is 5.79. The lowest BCUT2D eigenvalue weighted by Gasteiger charge is -2.27. The molecule has 3 nitrogen and oxygen atoms in total. The molecule has 2 aliphatic heterocycles. The number of likely N-dealkylation sites (tertiary alicyclic amines) is 1. The third-order valence-corrected chi connectivity index (χ3v) is 4.13. The van der Waals surface area contributed by atoms with Crippen molar-refractivity contribution in [2.24, 2.45) is 17.8 Å². The van der Waals surface area contributed by atoms with Gasteiger partial charge in [0.1, 0.15) is 0 Å². The quantitative estimate of drug-likeness (QED) is 0.771. The van der Waals surface area contributed by atoms with Gasteiger partial charge in [-0.1, -0.05) is 13.8 Å². The molecule has 1 unspecified atom stereocenters. The van der Waals surface area contributed by atoms with Crippen molar-refractivity contribution in [1.29, 1.82) is 0 Å². The number of hydrogen-bond acceptors (Lipinski definition) is 2. The summed E-state index contributed by atoms with van der Waals surface area (Å²) in [6.07, 6.45) is 3.43. The van der Waals surface area contributed by atoms with Gasteiger partial charge in [-0.15, -0.1) is 0 Å². The van der Waals surface area contributed by atoms with Crippen LogP contribution in [-0.4, -0.2) is 37.0 Å². The Balaban J connectivity index is 1.86. The first-order valence-electron chi connectivity index (χ1n) is 6.68.